The van der Waals surface area contributed by atoms with Crippen molar-refractivity contribution in [3.8, 4) is 22.9 Å². The number of pyridine rings is 1. The zero-order valence-electron chi connectivity index (χ0n) is 9.71. The van der Waals surface area contributed by atoms with E-state index in [1.165, 1.54) is 6.20 Å². The van der Waals surface area contributed by atoms with Gasteiger partial charge in [0.15, 0.2) is 0 Å². The largest absolute Gasteiger partial charge is 0.506 e. The first kappa shape index (κ1) is 10.6. The third-order valence-electron chi connectivity index (χ3n) is 2.74. The molecule has 0 aliphatic rings. The summed E-state index contributed by atoms with van der Waals surface area (Å²) in [5, 5.41) is 9.74. The molecule has 3 rings (SSSR count). The number of aromatic amines is 1. The molecule has 5 heteroatoms. The van der Waals surface area contributed by atoms with Crippen molar-refractivity contribution < 1.29 is 9.84 Å². The van der Waals surface area contributed by atoms with Crippen LogP contribution in [0.2, 0.25) is 0 Å². The summed E-state index contributed by atoms with van der Waals surface area (Å²) >= 11 is 0. The molecule has 90 valence electrons. The van der Waals surface area contributed by atoms with Crippen LogP contribution < -0.4 is 4.74 Å². The fourth-order valence-electron chi connectivity index (χ4n) is 1.83. The molecule has 0 aliphatic heterocycles. The second-order valence-corrected chi connectivity index (χ2v) is 3.86. The fraction of sp³-hybridized carbons (Fsp3) is 0.0769. The van der Waals surface area contributed by atoms with Crippen molar-refractivity contribution in [1.29, 1.82) is 0 Å². The highest BCUT2D eigenvalue weighted by Gasteiger charge is 2.09. The molecule has 0 saturated heterocycles. The van der Waals surface area contributed by atoms with Gasteiger partial charge < -0.3 is 14.8 Å². The normalized spacial score (nSPS) is 10.7. The molecule has 2 aromatic heterocycles. The number of hydrogen-bond acceptors (Lipinski definition) is 4. The molecular weight excluding hydrogens is 230 g/mol. The van der Waals surface area contributed by atoms with Crippen LogP contribution in [0.5, 0.6) is 11.5 Å². The minimum atomic E-state index is 0.100. The Labute approximate surface area is 103 Å². The second-order valence-electron chi connectivity index (χ2n) is 3.86. The summed E-state index contributed by atoms with van der Waals surface area (Å²) in [5.74, 6) is 1.47. The van der Waals surface area contributed by atoms with Crippen LogP contribution in [-0.4, -0.2) is 27.2 Å². The van der Waals surface area contributed by atoms with E-state index in [1.807, 2.05) is 18.2 Å². The number of aromatic nitrogens is 3. The van der Waals surface area contributed by atoms with Crippen LogP contribution >= 0.6 is 0 Å². The Morgan fingerprint density at radius 2 is 2.17 bits per heavy atom. The van der Waals surface area contributed by atoms with E-state index in [2.05, 4.69) is 15.0 Å². The second kappa shape index (κ2) is 4.03. The van der Waals surface area contributed by atoms with E-state index in [0.29, 0.717) is 11.4 Å². The number of ether oxygens (including phenoxy) is 1. The lowest BCUT2D eigenvalue weighted by Gasteiger charge is -1.98. The molecule has 0 spiro atoms. The molecule has 5 nitrogen and oxygen atoms in total. The summed E-state index contributed by atoms with van der Waals surface area (Å²) < 4.78 is 5.15. The lowest BCUT2D eigenvalue weighted by molar-refractivity contribution is 0.415. The zero-order chi connectivity index (χ0) is 12.5. The Balaban J connectivity index is 2.17. The van der Waals surface area contributed by atoms with E-state index < -0.39 is 0 Å². The Morgan fingerprint density at radius 1 is 1.28 bits per heavy atom. The van der Waals surface area contributed by atoms with E-state index in [1.54, 1.807) is 19.4 Å². The quantitative estimate of drug-likeness (QED) is 0.722. The van der Waals surface area contributed by atoms with Gasteiger partial charge in [-0.15, -0.1) is 0 Å². The summed E-state index contributed by atoms with van der Waals surface area (Å²) in [5.41, 5.74) is 2.31. The van der Waals surface area contributed by atoms with Crippen LogP contribution in [0.15, 0.2) is 36.7 Å². The molecular formula is C13H11N3O2. The number of imidazole rings is 1. The summed E-state index contributed by atoms with van der Waals surface area (Å²) in [6.07, 6.45) is 3.01. The molecule has 18 heavy (non-hydrogen) atoms. The number of nitrogens with zero attached hydrogens (tertiary/aromatic N) is 2. The number of methoxy groups -OCH3 is 1. The van der Waals surface area contributed by atoms with E-state index in [9.17, 15) is 5.11 Å². The van der Waals surface area contributed by atoms with Crippen molar-refractivity contribution in [2.45, 2.75) is 0 Å². The van der Waals surface area contributed by atoms with Crippen LogP contribution in [0.4, 0.5) is 0 Å². The highest BCUT2D eigenvalue weighted by molar-refractivity contribution is 5.81. The van der Waals surface area contributed by atoms with Gasteiger partial charge in [-0.05, 0) is 18.2 Å². The van der Waals surface area contributed by atoms with E-state index in [-0.39, 0.29) is 5.75 Å². The average Bonchev–Trinajstić information content (AvgIpc) is 2.81. The maximum Gasteiger partial charge on any atom is 0.144 e. The van der Waals surface area contributed by atoms with Gasteiger partial charge in [0, 0.05) is 12.3 Å². The van der Waals surface area contributed by atoms with Gasteiger partial charge in [0.05, 0.1) is 29.9 Å². The lowest BCUT2D eigenvalue weighted by atomic mass is 10.2. The molecule has 0 aliphatic carbocycles. The minimum Gasteiger partial charge on any atom is -0.506 e. The third-order valence-corrected chi connectivity index (χ3v) is 2.74. The van der Waals surface area contributed by atoms with Crippen molar-refractivity contribution in [3.05, 3.63) is 36.7 Å². The highest BCUT2D eigenvalue weighted by Crippen LogP contribution is 2.28. The Hall–Kier alpha value is -2.56. The van der Waals surface area contributed by atoms with Gasteiger partial charge in [0.1, 0.15) is 17.3 Å². The number of H-pyrrole nitrogens is 1. The molecule has 0 amide bonds. The van der Waals surface area contributed by atoms with Crippen LogP contribution in [0.1, 0.15) is 0 Å². The SMILES string of the molecule is COc1ccc2nc(-c3ccncc3O)[nH]c2c1. The predicted molar refractivity (Wildman–Crippen MR) is 67.5 cm³/mol. The van der Waals surface area contributed by atoms with E-state index >= 15 is 0 Å². The van der Waals surface area contributed by atoms with Crippen molar-refractivity contribution in [2.24, 2.45) is 0 Å². The van der Waals surface area contributed by atoms with Crippen LogP contribution in [-0.2, 0) is 0 Å². The van der Waals surface area contributed by atoms with Crippen LogP contribution in [0, 0.1) is 0 Å². The molecule has 0 radical (unpaired) electrons. The van der Waals surface area contributed by atoms with Crippen LogP contribution in [0.3, 0.4) is 0 Å². The van der Waals surface area contributed by atoms with Gasteiger partial charge in [-0.25, -0.2) is 4.98 Å². The van der Waals surface area contributed by atoms with Gasteiger partial charge in [-0.2, -0.15) is 0 Å². The first-order valence-electron chi connectivity index (χ1n) is 5.45. The molecule has 2 heterocycles. The van der Waals surface area contributed by atoms with Crippen molar-refractivity contribution >= 4 is 11.0 Å². The average molecular weight is 241 g/mol. The van der Waals surface area contributed by atoms with Crippen molar-refractivity contribution in [1.82, 2.24) is 15.0 Å². The number of aromatic hydroxyl groups is 1. The van der Waals surface area contributed by atoms with Gasteiger partial charge >= 0.3 is 0 Å². The fourth-order valence-corrected chi connectivity index (χ4v) is 1.83. The van der Waals surface area contributed by atoms with Crippen LogP contribution in [0.25, 0.3) is 22.4 Å². The summed E-state index contributed by atoms with van der Waals surface area (Å²) in [6.45, 7) is 0. The number of nitrogens with one attached hydrogen (secondary N) is 1. The standard InChI is InChI=1S/C13H11N3O2/c1-18-8-2-3-10-11(6-8)16-13(15-10)9-4-5-14-7-12(9)17/h2-7,17H,1H3,(H,15,16). The van der Waals surface area contributed by atoms with Crippen molar-refractivity contribution in [3.63, 3.8) is 0 Å². The Bertz CT molecular complexity index is 706. The van der Waals surface area contributed by atoms with Gasteiger partial charge in [0.2, 0.25) is 0 Å². The molecule has 0 fully saturated rings. The van der Waals surface area contributed by atoms with Gasteiger partial charge in [-0.1, -0.05) is 0 Å². The summed E-state index contributed by atoms with van der Waals surface area (Å²) in [4.78, 5) is 11.4. The molecule has 2 N–H and O–H groups in total. The molecule has 0 unspecified atom stereocenters. The molecule has 1 aromatic carbocycles. The topological polar surface area (TPSA) is 71.0 Å². The number of rotatable bonds is 2. The third kappa shape index (κ3) is 1.66. The monoisotopic (exact) mass is 241 g/mol. The zero-order valence-corrected chi connectivity index (χ0v) is 9.71. The Kier molecular flexibility index (Phi) is 2.37. The lowest BCUT2D eigenvalue weighted by Crippen LogP contribution is -1.82. The minimum absolute atomic E-state index is 0.100. The van der Waals surface area contributed by atoms with E-state index in [0.717, 1.165) is 16.8 Å². The van der Waals surface area contributed by atoms with Gasteiger partial charge in [-0.3, -0.25) is 4.98 Å². The maximum absolute atomic E-state index is 9.74. The molecule has 0 bridgehead atoms. The Morgan fingerprint density at radius 3 is 2.94 bits per heavy atom. The molecule has 3 aromatic rings. The maximum atomic E-state index is 9.74. The first-order valence-corrected chi connectivity index (χ1v) is 5.45. The first-order chi connectivity index (χ1) is 8.78. The molecule has 0 atom stereocenters. The number of fused-ring (bicyclic) bond motifs is 1. The van der Waals surface area contributed by atoms with E-state index in [4.69, 9.17) is 4.74 Å². The smallest absolute Gasteiger partial charge is 0.144 e. The number of benzene rings is 1. The van der Waals surface area contributed by atoms with Gasteiger partial charge in [0.25, 0.3) is 0 Å². The summed E-state index contributed by atoms with van der Waals surface area (Å²) in [7, 11) is 1.62. The highest BCUT2D eigenvalue weighted by atomic mass is 16.5. The number of hydrogen-bond donors (Lipinski definition) is 2. The predicted octanol–water partition coefficient (Wildman–Crippen LogP) is 2.34. The summed E-state index contributed by atoms with van der Waals surface area (Å²) in [6, 6.07) is 7.29. The molecule has 0 saturated carbocycles. The van der Waals surface area contributed by atoms with Crippen molar-refractivity contribution in [2.75, 3.05) is 7.11 Å².